The second kappa shape index (κ2) is 17.1. The van der Waals surface area contributed by atoms with Crippen LogP contribution < -0.4 is 4.90 Å². The van der Waals surface area contributed by atoms with E-state index >= 15 is 0 Å². The van der Waals surface area contributed by atoms with Crippen LogP contribution in [-0.2, 0) is 0 Å². The summed E-state index contributed by atoms with van der Waals surface area (Å²) in [7, 11) is 0. The van der Waals surface area contributed by atoms with Crippen LogP contribution in [0.1, 0.15) is 0 Å². The minimum absolute atomic E-state index is 1.10. The third-order valence-electron chi connectivity index (χ3n) is 11.6. The molecule has 0 unspecified atom stereocenters. The van der Waals surface area contributed by atoms with Gasteiger partial charge in [-0.2, -0.15) is 0 Å². The first-order valence-electron chi connectivity index (χ1n) is 20.9. The standard InChI is InChI=1S/C60H43N/c1-4-12-44(13-5-1)47-20-22-48(23-21-47)49-24-28-54(29-25-49)59-18-10-11-19-60(59)55-30-26-50(27-31-55)53-36-42-58(43-37-53)61(56-38-32-51(33-39-56)45-14-6-2-7-15-45)57-40-34-52(35-41-57)46-16-8-3-9-17-46/h1-43H. The highest BCUT2D eigenvalue weighted by molar-refractivity contribution is 5.86. The summed E-state index contributed by atoms with van der Waals surface area (Å²) in [5.41, 5.74) is 20.2. The van der Waals surface area contributed by atoms with E-state index in [0.717, 1.165) is 17.1 Å². The summed E-state index contributed by atoms with van der Waals surface area (Å²) in [5.74, 6) is 0. The lowest BCUT2D eigenvalue weighted by molar-refractivity contribution is 1.28. The number of benzene rings is 10. The summed E-state index contributed by atoms with van der Waals surface area (Å²) in [6.07, 6.45) is 0. The average Bonchev–Trinajstić information content (AvgIpc) is 3.36. The van der Waals surface area contributed by atoms with Crippen LogP contribution in [0.2, 0.25) is 0 Å². The Hall–Kier alpha value is -8.00. The Morgan fingerprint density at radius 1 is 0.148 bits per heavy atom. The van der Waals surface area contributed by atoms with Crippen molar-refractivity contribution in [3.05, 3.63) is 261 Å². The first kappa shape index (κ1) is 37.3. The highest BCUT2D eigenvalue weighted by Crippen LogP contribution is 2.39. The molecule has 0 aromatic heterocycles. The van der Waals surface area contributed by atoms with Crippen LogP contribution in [0.5, 0.6) is 0 Å². The topological polar surface area (TPSA) is 3.24 Å². The van der Waals surface area contributed by atoms with E-state index in [2.05, 4.69) is 266 Å². The van der Waals surface area contributed by atoms with E-state index in [4.69, 9.17) is 0 Å². The second-order valence-electron chi connectivity index (χ2n) is 15.4. The van der Waals surface area contributed by atoms with Crippen molar-refractivity contribution in [1.82, 2.24) is 0 Å². The molecular weight excluding hydrogens is 735 g/mol. The molecule has 0 amide bonds. The summed E-state index contributed by atoms with van der Waals surface area (Å²) < 4.78 is 0. The van der Waals surface area contributed by atoms with E-state index in [-0.39, 0.29) is 0 Å². The molecular formula is C60H43N. The Kier molecular flexibility index (Phi) is 10.4. The molecule has 0 heterocycles. The molecule has 0 saturated carbocycles. The van der Waals surface area contributed by atoms with Crippen LogP contribution in [0.25, 0.3) is 77.9 Å². The third-order valence-corrected chi connectivity index (χ3v) is 11.6. The molecule has 0 saturated heterocycles. The van der Waals surface area contributed by atoms with Crippen molar-refractivity contribution < 1.29 is 0 Å². The maximum absolute atomic E-state index is 2.33. The zero-order valence-corrected chi connectivity index (χ0v) is 33.8. The lowest BCUT2D eigenvalue weighted by Crippen LogP contribution is -2.09. The zero-order valence-electron chi connectivity index (χ0n) is 33.8. The van der Waals surface area contributed by atoms with Crippen molar-refractivity contribution >= 4 is 17.1 Å². The first-order valence-corrected chi connectivity index (χ1v) is 20.9. The van der Waals surface area contributed by atoms with Crippen molar-refractivity contribution in [2.75, 3.05) is 4.90 Å². The predicted molar refractivity (Wildman–Crippen MR) is 259 cm³/mol. The Morgan fingerprint density at radius 2 is 0.328 bits per heavy atom. The zero-order chi connectivity index (χ0) is 40.8. The Morgan fingerprint density at radius 3 is 0.574 bits per heavy atom. The summed E-state index contributed by atoms with van der Waals surface area (Å²) in [6, 6.07) is 93.8. The molecule has 0 atom stereocenters. The molecule has 10 aromatic rings. The third kappa shape index (κ3) is 8.06. The summed E-state index contributed by atoms with van der Waals surface area (Å²) >= 11 is 0. The second-order valence-corrected chi connectivity index (χ2v) is 15.4. The number of anilines is 3. The van der Waals surface area contributed by atoms with E-state index in [1.165, 1.54) is 77.9 Å². The molecule has 0 fully saturated rings. The van der Waals surface area contributed by atoms with Gasteiger partial charge in [0, 0.05) is 17.1 Å². The van der Waals surface area contributed by atoms with Gasteiger partial charge in [-0.1, -0.05) is 224 Å². The highest BCUT2D eigenvalue weighted by atomic mass is 15.1. The lowest BCUT2D eigenvalue weighted by Gasteiger charge is -2.26. The van der Waals surface area contributed by atoms with E-state index < -0.39 is 0 Å². The molecule has 61 heavy (non-hydrogen) atoms. The fraction of sp³-hybridized carbons (Fsp3) is 0. The molecule has 0 aliphatic rings. The summed E-state index contributed by atoms with van der Waals surface area (Å²) in [5, 5.41) is 0. The van der Waals surface area contributed by atoms with Gasteiger partial charge in [-0.3, -0.25) is 0 Å². The van der Waals surface area contributed by atoms with Crippen molar-refractivity contribution in [2.45, 2.75) is 0 Å². The molecule has 10 aromatic carbocycles. The molecule has 0 spiro atoms. The van der Waals surface area contributed by atoms with Crippen molar-refractivity contribution in [3.63, 3.8) is 0 Å². The van der Waals surface area contributed by atoms with E-state index in [1.807, 2.05) is 0 Å². The van der Waals surface area contributed by atoms with Gasteiger partial charge in [-0.15, -0.1) is 0 Å². The van der Waals surface area contributed by atoms with Crippen molar-refractivity contribution in [2.24, 2.45) is 0 Å². The smallest absolute Gasteiger partial charge is 0.0462 e. The molecule has 0 N–H and O–H groups in total. The van der Waals surface area contributed by atoms with Gasteiger partial charge in [0.2, 0.25) is 0 Å². The van der Waals surface area contributed by atoms with Crippen LogP contribution in [0.15, 0.2) is 261 Å². The lowest BCUT2D eigenvalue weighted by atomic mass is 9.92. The van der Waals surface area contributed by atoms with Gasteiger partial charge in [-0.25, -0.2) is 0 Å². The van der Waals surface area contributed by atoms with Crippen LogP contribution in [0.4, 0.5) is 17.1 Å². The molecule has 1 nitrogen and oxygen atoms in total. The molecule has 1 heteroatoms. The molecule has 288 valence electrons. The molecule has 0 aliphatic carbocycles. The minimum atomic E-state index is 1.10. The van der Waals surface area contributed by atoms with Gasteiger partial charge in [0.15, 0.2) is 0 Å². The number of hydrogen-bond acceptors (Lipinski definition) is 1. The van der Waals surface area contributed by atoms with Crippen LogP contribution >= 0.6 is 0 Å². The van der Waals surface area contributed by atoms with Crippen LogP contribution in [0, 0.1) is 0 Å². The summed E-state index contributed by atoms with van der Waals surface area (Å²) in [4.78, 5) is 2.33. The van der Waals surface area contributed by atoms with Gasteiger partial charge in [-0.05, 0) is 114 Å². The van der Waals surface area contributed by atoms with Gasteiger partial charge < -0.3 is 4.90 Å². The fourth-order valence-electron chi connectivity index (χ4n) is 8.27. The Labute approximate surface area is 359 Å². The fourth-order valence-corrected chi connectivity index (χ4v) is 8.27. The molecule has 0 aliphatic heterocycles. The van der Waals surface area contributed by atoms with Crippen molar-refractivity contribution in [3.8, 4) is 77.9 Å². The van der Waals surface area contributed by atoms with Crippen LogP contribution in [0.3, 0.4) is 0 Å². The minimum Gasteiger partial charge on any atom is -0.311 e. The van der Waals surface area contributed by atoms with Gasteiger partial charge in [0.1, 0.15) is 0 Å². The normalized spacial score (nSPS) is 11.0. The maximum atomic E-state index is 2.33. The monoisotopic (exact) mass is 777 g/mol. The van der Waals surface area contributed by atoms with Gasteiger partial charge in [0.25, 0.3) is 0 Å². The Balaban J connectivity index is 0.898. The predicted octanol–water partition coefficient (Wildman–Crippen LogP) is 16.8. The number of rotatable bonds is 10. The van der Waals surface area contributed by atoms with E-state index in [0.29, 0.717) is 0 Å². The van der Waals surface area contributed by atoms with Gasteiger partial charge >= 0.3 is 0 Å². The summed E-state index contributed by atoms with van der Waals surface area (Å²) in [6.45, 7) is 0. The van der Waals surface area contributed by atoms with Crippen molar-refractivity contribution in [1.29, 1.82) is 0 Å². The first-order chi connectivity index (χ1) is 30.2. The quantitative estimate of drug-likeness (QED) is 0.134. The molecule has 0 radical (unpaired) electrons. The maximum Gasteiger partial charge on any atom is 0.0462 e. The number of hydrogen-bond donors (Lipinski definition) is 0. The Bertz CT molecular complexity index is 2890. The highest BCUT2D eigenvalue weighted by Gasteiger charge is 2.15. The molecule has 10 rings (SSSR count). The van der Waals surface area contributed by atoms with E-state index in [9.17, 15) is 0 Å². The molecule has 0 bridgehead atoms. The average molecular weight is 778 g/mol. The van der Waals surface area contributed by atoms with Gasteiger partial charge in [0.05, 0.1) is 0 Å². The SMILES string of the molecule is c1ccc(-c2ccc(-c3ccc(-c4ccccc4-c4ccc(-c5ccc(N(c6ccc(-c7ccccc7)cc6)c6ccc(-c7ccccc7)cc6)cc5)cc4)cc3)cc2)cc1. The van der Waals surface area contributed by atoms with E-state index in [1.54, 1.807) is 0 Å². The largest absolute Gasteiger partial charge is 0.311 e. The number of nitrogens with zero attached hydrogens (tertiary/aromatic N) is 1. The van der Waals surface area contributed by atoms with Crippen LogP contribution in [-0.4, -0.2) is 0 Å².